The molecule has 1 unspecified atom stereocenters. The molecule has 1 atom stereocenters. The molecule has 37 heavy (non-hydrogen) atoms. The van der Waals surface area contributed by atoms with Crippen LogP contribution in [0.1, 0.15) is 18.2 Å². The lowest BCUT2D eigenvalue weighted by Gasteiger charge is -2.16. The number of carbonyl (C=O) groups is 1. The van der Waals surface area contributed by atoms with Crippen molar-refractivity contribution in [2.45, 2.75) is 32.4 Å². The number of carboxylic acid groups (broad SMARTS) is 1. The smallest absolute Gasteiger partial charge is 0.326 e. The lowest BCUT2D eigenvalue weighted by atomic mass is 10.1. The third-order valence-corrected chi connectivity index (χ3v) is 7.28. The van der Waals surface area contributed by atoms with Crippen molar-refractivity contribution >= 4 is 49.5 Å². The van der Waals surface area contributed by atoms with Crippen LogP contribution in [0.15, 0.2) is 83.6 Å². The molecule has 8 heteroatoms. The molecule has 0 aliphatic heterocycles. The lowest BCUT2D eigenvalue weighted by Crippen LogP contribution is -2.32. The molecular formula is C29H27BrN4O3. The Balaban J connectivity index is 1.42. The number of nitrogens with one attached hydrogen (secondary N) is 1. The van der Waals surface area contributed by atoms with Gasteiger partial charge in [-0.2, -0.15) is 0 Å². The van der Waals surface area contributed by atoms with E-state index in [2.05, 4.69) is 60.9 Å². The Morgan fingerprint density at radius 3 is 2.59 bits per heavy atom. The number of anilines is 1. The quantitative estimate of drug-likeness (QED) is 0.215. The van der Waals surface area contributed by atoms with E-state index < -0.39 is 12.0 Å². The van der Waals surface area contributed by atoms with Crippen molar-refractivity contribution in [3.8, 4) is 5.75 Å². The summed E-state index contributed by atoms with van der Waals surface area (Å²) in [6, 6.07) is 22.9. The molecule has 0 aliphatic carbocycles. The predicted octanol–water partition coefficient (Wildman–Crippen LogP) is 6.10. The third kappa shape index (κ3) is 5.15. The average Bonchev–Trinajstić information content (AvgIpc) is 3.20. The molecule has 5 aromatic rings. The molecule has 5 rings (SSSR count). The first-order valence-electron chi connectivity index (χ1n) is 12.2. The largest absolute Gasteiger partial charge is 0.491 e. The van der Waals surface area contributed by atoms with E-state index in [1.807, 2.05) is 54.6 Å². The van der Waals surface area contributed by atoms with Gasteiger partial charge in [-0.3, -0.25) is 0 Å². The van der Waals surface area contributed by atoms with Gasteiger partial charge in [-0.25, -0.2) is 14.8 Å². The molecule has 0 aliphatic rings. The highest BCUT2D eigenvalue weighted by molar-refractivity contribution is 9.10. The van der Waals surface area contributed by atoms with E-state index in [0.717, 1.165) is 49.7 Å². The van der Waals surface area contributed by atoms with E-state index in [-0.39, 0.29) is 0 Å². The van der Waals surface area contributed by atoms with E-state index in [1.165, 1.54) is 6.33 Å². The molecule has 0 fully saturated rings. The van der Waals surface area contributed by atoms with E-state index in [1.54, 1.807) is 0 Å². The summed E-state index contributed by atoms with van der Waals surface area (Å²) in [4.78, 5) is 21.1. The van der Waals surface area contributed by atoms with Crippen LogP contribution < -0.4 is 10.1 Å². The Kier molecular flexibility index (Phi) is 7.37. The van der Waals surface area contributed by atoms with Gasteiger partial charge in [-0.05, 0) is 39.4 Å². The molecule has 0 bridgehead atoms. The first kappa shape index (κ1) is 24.8. The van der Waals surface area contributed by atoms with Crippen molar-refractivity contribution < 1.29 is 14.6 Å². The lowest BCUT2D eigenvalue weighted by molar-refractivity contribution is -0.137. The number of aliphatic carboxylic acids is 1. The van der Waals surface area contributed by atoms with Crippen molar-refractivity contribution in [2.24, 2.45) is 0 Å². The van der Waals surface area contributed by atoms with Crippen LogP contribution in [0.2, 0.25) is 0 Å². The molecule has 0 saturated heterocycles. The van der Waals surface area contributed by atoms with Gasteiger partial charge in [-0.1, -0.05) is 73.7 Å². The number of aromatic nitrogens is 3. The highest BCUT2D eigenvalue weighted by atomic mass is 79.9. The summed E-state index contributed by atoms with van der Waals surface area (Å²) < 4.78 is 9.18. The van der Waals surface area contributed by atoms with Crippen molar-refractivity contribution in [2.75, 3.05) is 11.9 Å². The number of benzene rings is 3. The van der Waals surface area contributed by atoms with Crippen LogP contribution in [0.25, 0.3) is 21.8 Å². The third-order valence-electron chi connectivity index (χ3n) is 6.43. The Labute approximate surface area is 223 Å². The molecule has 0 saturated carbocycles. The average molecular weight is 559 g/mol. The van der Waals surface area contributed by atoms with Gasteiger partial charge >= 0.3 is 5.97 Å². The number of fused-ring (bicyclic) bond motifs is 2. The summed E-state index contributed by atoms with van der Waals surface area (Å²) in [5.74, 6) is 0.392. The van der Waals surface area contributed by atoms with Crippen LogP contribution in [0, 0.1) is 0 Å². The fourth-order valence-electron chi connectivity index (χ4n) is 4.65. The van der Waals surface area contributed by atoms with Crippen LogP contribution in [0.5, 0.6) is 5.75 Å². The predicted molar refractivity (Wildman–Crippen MR) is 149 cm³/mol. The number of rotatable bonds is 10. The summed E-state index contributed by atoms with van der Waals surface area (Å²) in [6.07, 6.45) is 2.57. The summed E-state index contributed by atoms with van der Waals surface area (Å²) >= 11 is 3.75. The van der Waals surface area contributed by atoms with Crippen molar-refractivity contribution in [3.63, 3.8) is 0 Å². The van der Waals surface area contributed by atoms with Gasteiger partial charge in [0.15, 0.2) is 0 Å². The topological polar surface area (TPSA) is 89.3 Å². The van der Waals surface area contributed by atoms with Crippen molar-refractivity contribution in [1.29, 1.82) is 0 Å². The van der Waals surface area contributed by atoms with Gasteiger partial charge in [-0.15, -0.1) is 0 Å². The second-order valence-corrected chi connectivity index (χ2v) is 9.53. The number of hydrogen-bond donors (Lipinski definition) is 2. The zero-order valence-electron chi connectivity index (χ0n) is 20.4. The standard InChI is InChI=1S/C29H27BrN4O3/c1-2-23-26(30)25-27(33-22(29(35)36)17-19-9-4-3-5-10-19)31-18-32-28(25)34(23)15-16-37-24-14-8-12-20-11-6-7-13-21(20)24/h3-14,18,22H,2,15-17H2,1H3,(H,35,36)(H,31,32,33). The van der Waals surface area contributed by atoms with Crippen LogP contribution >= 0.6 is 15.9 Å². The molecule has 3 aromatic carbocycles. The summed E-state index contributed by atoms with van der Waals surface area (Å²) in [5, 5.41) is 16.0. The minimum atomic E-state index is -0.939. The summed E-state index contributed by atoms with van der Waals surface area (Å²) in [5.41, 5.74) is 2.71. The summed E-state index contributed by atoms with van der Waals surface area (Å²) in [7, 11) is 0. The maximum absolute atomic E-state index is 12.1. The van der Waals surface area contributed by atoms with Crippen LogP contribution in [-0.4, -0.2) is 38.3 Å². The fourth-order valence-corrected chi connectivity index (χ4v) is 5.51. The zero-order valence-corrected chi connectivity index (χ0v) is 22.0. The molecule has 0 spiro atoms. The van der Waals surface area contributed by atoms with E-state index in [0.29, 0.717) is 25.4 Å². The van der Waals surface area contributed by atoms with Crippen LogP contribution in [-0.2, 0) is 24.2 Å². The molecule has 2 aromatic heterocycles. The second-order valence-electron chi connectivity index (χ2n) is 8.74. The number of ether oxygens (including phenoxy) is 1. The molecule has 7 nitrogen and oxygen atoms in total. The molecule has 0 radical (unpaired) electrons. The maximum Gasteiger partial charge on any atom is 0.326 e. The number of hydrogen-bond acceptors (Lipinski definition) is 5. The minimum absolute atomic E-state index is 0.333. The molecule has 0 amide bonds. The number of nitrogens with zero attached hydrogens (tertiary/aromatic N) is 3. The zero-order chi connectivity index (χ0) is 25.8. The van der Waals surface area contributed by atoms with Gasteiger partial charge in [0.25, 0.3) is 0 Å². The van der Waals surface area contributed by atoms with E-state index >= 15 is 0 Å². The van der Waals surface area contributed by atoms with Crippen LogP contribution in [0.4, 0.5) is 5.82 Å². The first-order valence-corrected chi connectivity index (χ1v) is 13.0. The van der Waals surface area contributed by atoms with Crippen molar-refractivity contribution in [1.82, 2.24) is 14.5 Å². The van der Waals surface area contributed by atoms with Gasteiger partial charge in [0.1, 0.15) is 36.2 Å². The Morgan fingerprint density at radius 1 is 1.05 bits per heavy atom. The highest BCUT2D eigenvalue weighted by Gasteiger charge is 2.24. The number of halogens is 1. The highest BCUT2D eigenvalue weighted by Crippen LogP contribution is 2.35. The van der Waals surface area contributed by atoms with Crippen molar-refractivity contribution in [3.05, 3.63) is 94.9 Å². The molecule has 2 N–H and O–H groups in total. The molecule has 188 valence electrons. The van der Waals surface area contributed by atoms with Crippen LogP contribution in [0.3, 0.4) is 0 Å². The Bertz CT molecular complexity index is 1550. The fraction of sp³-hybridized carbons (Fsp3) is 0.207. The SMILES string of the molecule is CCc1c(Br)c2c(NC(Cc3ccccc3)C(=O)O)ncnc2n1CCOc1cccc2ccccc12. The van der Waals surface area contributed by atoms with Gasteiger partial charge < -0.3 is 19.7 Å². The minimum Gasteiger partial charge on any atom is -0.491 e. The second kappa shape index (κ2) is 11.0. The molecular weight excluding hydrogens is 532 g/mol. The van der Waals surface area contributed by atoms with Gasteiger partial charge in [0.05, 0.1) is 16.4 Å². The summed E-state index contributed by atoms with van der Waals surface area (Å²) in [6.45, 7) is 3.12. The Hall–Kier alpha value is -3.91. The maximum atomic E-state index is 12.1. The normalized spacial score (nSPS) is 12.1. The van der Waals surface area contributed by atoms with Gasteiger partial charge in [0.2, 0.25) is 0 Å². The van der Waals surface area contributed by atoms with E-state index in [4.69, 9.17) is 4.74 Å². The van der Waals surface area contributed by atoms with E-state index in [9.17, 15) is 9.90 Å². The Morgan fingerprint density at radius 2 is 1.81 bits per heavy atom. The van der Waals surface area contributed by atoms with Gasteiger partial charge in [0, 0.05) is 17.5 Å². The number of carboxylic acids is 1. The first-order chi connectivity index (χ1) is 18.1. The molecule has 2 heterocycles. The monoisotopic (exact) mass is 558 g/mol.